The van der Waals surface area contributed by atoms with Crippen LogP contribution in [0.25, 0.3) is 0 Å². The fourth-order valence-electron chi connectivity index (χ4n) is 3.32. The van der Waals surface area contributed by atoms with E-state index in [9.17, 15) is 0 Å². The monoisotopic (exact) mass is 300 g/mol. The van der Waals surface area contributed by atoms with E-state index in [2.05, 4.69) is 32.1 Å². The van der Waals surface area contributed by atoms with Gasteiger partial charge in [-0.1, -0.05) is 12.1 Å². The summed E-state index contributed by atoms with van der Waals surface area (Å²) in [4.78, 5) is 11.3. The molecule has 0 radical (unpaired) electrons. The lowest BCUT2D eigenvalue weighted by Gasteiger charge is -2.40. The van der Waals surface area contributed by atoms with Crippen molar-refractivity contribution in [1.82, 2.24) is 29.9 Å². The molecule has 0 saturated carbocycles. The normalized spacial score (nSPS) is 24.8. The second kappa shape index (κ2) is 5.73. The van der Waals surface area contributed by atoms with E-state index in [0.717, 1.165) is 49.7 Å². The van der Waals surface area contributed by atoms with Gasteiger partial charge in [0.1, 0.15) is 5.82 Å². The number of ether oxygens (including phenoxy) is 1. The van der Waals surface area contributed by atoms with Crippen LogP contribution < -0.4 is 0 Å². The minimum atomic E-state index is 0.190. The van der Waals surface area contributed by atoms with Crippen LogP contribution in [-0.2, 0) is 24.3 Å². The molecule has 7 heteroatoms. The Kier molecular flexibility index (Phi) is 3.59. The molecule has 0 spiro atoms. The highest BCUT2D eigenvalue weighted by Crippen LogP contribution is 2.30. The molecule has 0 aromatic carbocycles. The SMILES string of the molecule is CCc1nccc(CN2CC[C@H]3[C@H](C2)OCc2cnnn23)n1. The maximum absolute atomic E-state index is 6.00. The third-order valence-corrected chi connectivity index (χ3v) is 4.48. The lowest BCUT2D eigenvalue weighted by molar-refractivity contribution is -0.0706. The summed E-state index contributed by atoms with van der Waals surface area (Å²) in [5.74, 6) is 0.911. The van der Waals surface area contributed by atoms with E-state index < -0.39 is 0 Å². The number of nitrogens with zero attached hydrogens (tertiary/aromatic N) is 6. The summed E-state index contributed by atoms with van der Waals surface area (Å²) in [5.41, 5.74) is 2.17. The number of rotatable bonds is 3. The van der Waals surface area contributed by atoms with Gasteiger partial charge >= 0.3 is 0 Å². The van der Waals surface area contributed by atoms with Gasteiger partial charge in [-0.05, 0) is 12.5 Å². The number of piperidine rings is 1. The molecule has 1 fully saturated rings. The van der Waals surface area contributed by atoms with Crippen molar-refractivity contribution in [3.05, 3.63) is 35.7 Å². The van der Waals surface area contributed by atoms with E-state index >= 15 is 0 Å². The number of hydrogen-bond acceptors (Lipinski definition) is 6. The van der Waals surface area contributed by atoms with Crippen molar-refractivity contribution < 1.29 is 4.74 Å². The molecule has 0 bridgehead atoms. The number of fused-ring (bicyclic) bond motifs is 3. The fraction of sp³-hybridized carbons (Fsp3) is 0.600. The first-order valence-electron chi connectivity index (χ1n) is 7.87. The lowest BCUT2D eigenvalue weighted by atomic mass is 10.00. The van der Waals surface area contributed by atoms with Gasteiger partial charge in [-0.3, -0.25) is 4.90 Å². The fourth-order valence-corrected chi connectivity index (χ4v) is 3.32. The quantitative estimate of drug-likeness (QED) is 0.841. The van der Waals surface area contributed by atoms with Crippen LogP contribution in [0.3, 0.4) is 0 Å². The average molecular weight is 300 g/mol. The third-order valence-electron chi connectivity index (χ3n) is 4.48. The third kappa shape index (κ3) is 2.50. The van der Waals surface area contributed by atoms with E-state index in [-0.39, 0.29) is 6.10 Å². The summed E-state index contributed by atoms with van der Waals surface area (Å²) in [6.07, 6.45) is 5.75. The van der Waals surface area contributed by atoms with Crippen LogP contribution >= 0.6 is 0 Å². The molecule has 0 unspecified atom stereocenters. The van der Waals surface area contributed by atoms with Crippen LogP contribution in [0.5, 0.6) is 0 Å². The number of aromatic nitrogens is 5. The van der Waals surface area contributed by atoms with Crippen LogP contribution in [0.2, 0.25) is 0 Å². The van der Waals surface area contributed by atoms with E-state index in [4.69, 9.17) is 4.74 Å². The van der Waals surface area contributed by atoms with E-state index in [1.807, 2.05) is 16.9 Å². The molecule has 116 valence electrons. The van der Waals surface area contributed by atoms with Crippen molar-refractivity contribution in [1.29, 1.82) is 0 Å². The Labute approximate surface area is 129 Å². The first-order valence-corrected chi connectivity index (χ1v) is 7.87. The van der Waals surface area contributed by atoms with E-state index in [1.165, 1.54) is 0 Å². The van der Waals surface area contributed by atoms with Crippen molar-refractivity contribution in [2.24, 2.45) is 0 Å². The van der Waals surface area contributed by atoms with Gasteiger partial charge in [-0.25, -0.2) is 14.6 Å². The smallest absolute Gasteiger partial charge is 0.128 e. The Bertz CT molecular complexity index is 657. The van der Waals surface area contributed by atoms with Gasteiger partial charge in [-0.15, -0.1) is 5.10 Å². The lowest BCUT2D eigenvalue weighted by Crippen LogP contribution is -2.48. The molecule has 1 saturated heterocycles. The molecule has 7 nitrogen and oxygen atoms in total. The van der Waals surface area contributed by atoms with Crippen molar-refractivity contribution >= 4 is 0 Å². The van der Waals surface area contributed by atoms with Gasteiger partial charge in [-0.2, -0.15) is 0 Å². The number of hydrogen-bond donors (Lipinski definition) is 0. The molecule has 2 atom stereocenters. The number of aryl methyl sites for hydroxylation is 1. The summed E-state index contributed by atoms with van der Waals surface area (Å²) in [6.45, 7) is 5.47. The Morgan fingerprint density at radius 3 is 3.27 bits per heavy atom. The Morgan fingerprint density at radius 1 is 1.41 bits per heavy atom. The zero-order valence-electron chi connectivity index (χ0n) is 12.7. The summed E-state index contributed by atoms with van der Waals surface area (Å²) >= 11 is 0. The molecule has 2 aliphatic rings. The first kappa shape index (κ1) is 13.8. The first-order chi connectivity index (χ1) is 10.8. The van der Waals surface area contributed by atoms with Gasteiger partial charge in [0.15, 0.2) is 0 Å². The maximum Gasteiger partial charge on any atom is 0.128 e. The summed E-state index contributed by atoms with van der Waals surface area (Å²) in [5, 5.41) is 8.22. The van der Waals surface area contributed by atoms with Crippen molar-refractivity contribution in [3.63, 3.8) is 0 Å². The zero-order chi connectivity index (χ0) is 14.9. The highest BCUT2D eigenvalue weighted by atomic mass is 16.5. The molecule has 2 aliphatic heterocycles. The predicted octanol–water partition coefficient (Wildman–Crippen LogP) is 0.976. The minimum absolute atomic E-state index is 0.190. The van der Waals surface area contributed by atoms with Gasteiger partial charge < -0.3 is 4.74 Å². The highest BCUT2D eigenvalue weighted by Gasteiger charge is 2.36. The van der Waals surface area contributed by atoms with Gasteiger partial charge in [0.2, 0.25) is 0 Å². The molecule has 0 N–H and O–H groups in total. The predicted molar refractivity (Wildman–Crippen MR) is 78.9 cm³/mol. The summed E-state index contributed by atoms with van der Waals surface area (Å²) in [6, 6.07) is 2.32. The summed E-state index contributed by atoms with van der Waals surface area (Å²) < 4.78 is 8.05. The van der Waals surface area contributed by atoms with Crippen molar-refractivity contribution in [2.75, 3.05) is 13.1 Å². The van der Waals surface area contributed by atoms with Crippen LogP contribution in [0.4, 0.5) is 0 Å². The largest absolute Gasteiger partial charge is 0.368 e. The second-order valence-corrected chi connectivity index (χ2v) is 5.93. The molecule has 4 rings (SSSR count). The molecule has 2 aromatic rings. The standard InChI is InChI=1S/C15H20N6O/c1-2-15-16-5-3-11(18-15)8-20-6-4-13-14(9-20)22-10-12-7-17-19-21(12)13/h3,5,7,13-14H,2,4,6,8-10H2,1H3/t13-,14-/m0/s1. The van der Waals surface area contributed by atoms with Gasteiger partial charge in [0.25, 0.3) is 0 Å². The summed E-state index contributed by atoms with van der Waals surface area (Å²) in [7, 11) is 0. The number of likely N-dealkylation sites (tertiary alicyclic amines) is 1. The topological polar surface area (TPSA) is 69.0 Å². The highest BCUT2D eigenvalue weighted by molar-refractivity contribution is 5.04. The Balaban J connectivity index is 1.45. The second-order valence-electron chi connectivity index (χ2n) is 5.93. The van der Waals surface area contributed by atoms with Gasteiger partial charge in [0, 0.05) is 32.3 Å². The van der Waals surface area contributed by atoms with Crippen LogP contribution in [0, 0.1) is 0 Å². The Hall–Kier alpha value is -1.86. The van der Waals surface area contributed by atoms with E-state index in [0.29, 0.717) is 12.6 Å². The molecule has 0 aliphatic carbocycles. The molecular formula is C15H20N6O. The minimum Gasteiger partial charge on any atom is -0.368 e. The van der Waals surface area contributed by atoms with Crippen molar-refractivity contribution in [2.45, 2.75) is 45.1 Å². The van der Waals surface area contributed by atoms with Crippen molar-refractivity contribution in [3.8, 4) is 0 Å². The van der Waals surface area contributed by atoms with Crippen LogP contribution in [0.15, 0.2) is 18.5 Å². The Morgan fingerprint density at radius 2 is 2.36 bits per heavy atom. The van der Waals surface area contributed by atoms with Crippen LogP contribution in [-0.4, -0.2) is 49.1 Å². The molecule has 0 amide bonds. The van der Waals surface area contributed by atoms with E-state index in [1.54, 1.807) is 6.20 Å². The maximum atomic E-state index is 6.00. The average Bonchev–Trinajstić information content (AvgIpc) is 3.04. The molecule has 22 heavy (non-hydrogen) atoms. The molecule has 2 aromatic heterocycles. The van der Waals surface area contributed by atoms with Crippen LogP contribution in [0.1, 0.15) is 36.6 Å². The molecular weight excluding hydrogens is 280 g/mol. The molecule has 4 heterocycles. The van der Waals surface area contributed by atoms with Gasteiger partial charge in [0.05, 0.1) is 36.3 Å². The zero-order valence-corrected chi connectivity index (χ0v) is 12.7.